The molecule has 0 aromatic heterocycles. The summed E-state index contributed by atoms with van der Waals surface area (Å²) in [6.07, 6.45) is 1.30. The van der Waals surface area contributed by atoms with E-state index < -0.39 is 10.0 Å². The molecule has 2 aromatic carbocycles. The number of amides is 1. The van der Waals surface area contributed by atoms with Crippen molar-refractivity contribution in [1.29, 1.82) is 0 Å². The number of anilines is 1. The Morgan fingerprint density at radius 3 is 2.59 bits per heavy atom. The lowest BCUT2D eigenvalue weighted by Crippen LogP contribution is -2.44. The van der Waals surface area contributed by atoms with E-state index in [-0.39, 0.29) is 24.1 Å². The van der Waals surface area contributed by atoms with E-state index in [0.717, 1.165) is 0 Å². The molecule has 0 aliphatic carbocycles. The van der Waals surface area contributed by atoms with Crippen molar-refractivity contribution < 1.29 is 13.2 Å². The number of hydrogen-bond donors (Lipinski definition) is 1. The number of halogens is 2. The molecule has 1 amide bonds. The van der Waals surface area contributed by atoms with Crippen molar-refractivity contribution in [2.24, 2.45) is 5.92 Å². The van der Waals surface area contributed by atoms with Gasteiger partial charge in [0.25, 0.3) is 0 Å². The summed E-state index contributed by atoms with van der Waals surface area (Å²) >= 11 is 12.0. The fraction of sp³-hybridized carbons (Fsp3) is 0.316. The summed E-state index contributed by atoms with van der Waals surface area (Å²) in [5.41, 5.74) is 1.20. The van der Waals surface area contributed by atoms with Gasteiger partial charge in [-0.25, -0.2) is 12.7 Å². The van der Waals surface area contributed by atoms with Gasteiger partial charge in [0, 0.05) is 28.8 Å². The van der Waals surface area contributed by atoms with Crippen LogP contribution in [-0.4, -0.2) is 31.7 Å². The number of piperidine rings is 1. The lowest BCUT2D eigenvalue weighted by Gasteiger charge is -2.31. The van der Waals surface area contributed by atoms with Gasteiger partial charge in [0.05, 0.1) is 11.7 Å². The molecule has 1 atom stereocenters. The summed E-state index contributed by atoms with van der Waals surface area (Å²) in [4.78, 5) is 12.5. The predicted octanol–water partition coefficient (Wildman–Crippen LogP) is 4.17. The van der Waals surface area contributed by atoms with Gasteiger partial charge in [-0.15, -0.1) is 0 Å². The van der Waals surface area contributed by atoms with Crippen molar-refractivity contribution in [2.75, 3.05) is 18.4 Å². The zero-order valence-corrected chi connectivity index (χ0v) is 16.9. The first-order valence-electron chi connectivity index (χ1n) is 8.63. The molecular weight excluding hydrogens is 407 g/mol. The Kier molecular flexibility index (Phi) is 6.42. The van der Waals surface area contributed by atoms with E-state index in [1.54, 1.807) is 24.3 Å². The fourth-order valence-corrected chi connectivity index (χ4v) is 5.30. The van der Waals surface area contributed by atoms with Gasteiger partial charge in [-0.3, -0.25) is 4.79 Å². The maximum atomic E-state index is 12.8. The minimum atomic E-state index is -3.59. The maximum Gasteiger partial charge on any atom is 0.228 e. The zero-order chi connectivity index (χ0) is 19.4. The quantitative estimate of drug-likeness (QED) is 0.779. The molecule has 1 aliphatic rings. The molecule has 0 saturated carbocycles. The van der Waals surface area contributed by atoms with Gasteiger partial charge in [-0.2, -0.15) is 0 Å². The van der Waals surface area contributed by atoms with Crippen molar-refractivity contribution in [1.82, 2.24) is 4.31 Å². The molecule has 1 N–H and O–H groups in total. The largest absolute Gasteiger partial charge is 0.326 e. The minimum absolute atomic E-state index is 0.161. The lowest BCUT2D eigenvalue weighted by molar-refractivity contribution is -0.120. The van der Waals surface area contributed by atoms with E-state index in [4.69, 9.17) is 23.2 Å². The van der Waals surface area contributed by atoms with Gasteiger partial charge in [0.15, 0.2) is 0 Å². The van der Waals surface area contributed by atoms with Gasteiger partial charge in [-0.1, -0.05) is 47.5 Å². The number of sulfonamides is 1. The Bertz CT molecular complexity index is 920. The molecule has 0 bridgehead atoms. The second-order valence-electron chi connectivity index (χ2n) is 6.54. The first kappa shape index (κ1) is 20.1. The summed E-state index contributed by atoms with van der Waals surface area (Å²) in [6, 6.07) is 13.9. The maximum absolute atomic E-state index is 12.8. The SMILES string of the molecule is O=C(Nc1ccccc1)C1CCCN(S(=O)(=O)Cc2ccc(Cl)cc2Cl)C1. The Morgan fingerprint density at radius 2 is 1.89 bits per heavy atom. The van der Waals surface area contributed by atoms with E-state index in [9.17, 15) is 13.2 Å². The van der Waals surface area contributed by atoms with E-state index in [2.05, 4.69) is 5.32 Å². The van der Waals surface area contributed by atoms with Crippen molar-refractivity contribution >= 4 is 44.8 Å². The number of para-hydroxylation sites is 1. The lowest BCUT2D eigenvalue weighted by atomic mass is 9.99. The van der Waals surface area contributed by atoms with Crippen LogP contribution >= 0.6 is 23.2 Å². The van der Waals surface area contributed by atoms with Crippen LogP contribution in [0.2, 0.25) is 10.0 Å². The van der Waals surface area contributed by atoms with Crippen molar-refractivity contribution in [3.63, 3.8) is 0 Å². The Balaban J connectivity index is 1.68. The van der Waals surface area contributed by atoms with E-state index in [1.807, 2.05) is 18.2 Å². The van der Waals surface area contributed by atoms with Gasteiger partial charge in [0.1, 0.15) is 0 Å². The summed E-state index contributed by atoms with van der Waals surface area (Å²) in [5.74, 6) is -0.754. The van der Waals surface area contributed by atoms with Gasteiger partial charge in [0.2, 0.25) is 15.9 Å². The third kappa shape index (κ3) is 5.23. The normalized spacial score (nSPS) is 18.2. The summed E-state index contributed by atoms with van der Waals surface area (Å²) in [5, 5.41) is 3.63. The van der Waals surface area contributed by atoms with Crippen molar-refractivity contribution in [3.8, 4) is 0 Å². The van der Waals surface area contributed by atoms with Crippen LogP contribution < -0.4 is 5.32 Å². The number of hydrogen-bond acceptors (Lipinski definition) is 3. The molecule has 27 heavy (non-hydrogen) atoms. The molecule has 1 aliphatic heterocycles. The standard InChI is InChI=1S/C19H20Cl2N2O3S/c20-16-9-8-15(18(21)11-16)13-27(25,26)23-10-4-5-14(12-23)19(24)22-17-6-2-1-3-7-17/h1-3,6-9,11,14H,4-5,10,12-13H2,(H,22,24). The highest BCUT2D eigenvalue weighted by molar-refractivity contribution is 7.88. The summed E-state index contributed by atoms with van der Waals surface area (Å²) in [7, 11) is -3.59. The molecule has 1 fully saturated rings. The highest BCUT2D eigenvalue weighted by Crippen LogP contribution is 2.26. The molecule has 144 valence electrons. The summed E-state index contributed by atoms with van der Waals surface area (Å²) < 4.78 is 27.0. The summed E-state index contributed by atoms with van der Waals surface area (Å²) in [6.45, 7) is 0.578. The molecule has 0 radical (unpaired) electrons. The topological polar surface area (TPSA) is 66.5 Å². The number of rotatable bonds is 5. The highest BCUT2D eigenvalue weighted by Gasteiger charge is 2.32. The first-order chi connectivity index (χ1) is 12.8. The molecule has 1 heterocycles. The van der Waals surface area contributed by atoms with Crippen LogP contribution in [0.5, 0.6) is 0 Å². The smallest absolute Gasteiger partial charge is 0.228 e. The van der Waals surface area contributed by atoms with Crippen LogP contribution in [0.15, 0.2) is 48.5 Å². The molecule has 0 spiro atoms. The van der Waals surface area contributed by atoms with Crippen LogP contribution in [0.4, 0.5) is 5.69 Å². The molecule has 5 nitrogen and oxygen atoms in total. The highest BCUT2D eigenvalue weighted by atomic mass is 35.5. The van der Waals surface area contributed by atoms with E-state index in [0.29, 0.717) is 40.7 Å². The molecule has 8 heteroatoms. The number of nitrogens with one attached hydrogen (secondary N) is 1. The van der Waals surface area contributed by atoms with Crippen molar-refractivity contribution in [2.45, 2.75) is 18.6 Å². The monoisotopic (exact) mass is 426 g/mol. The Labute approximate surface area is 169 Å². The zero-order valence-electron chi connectivity index (χ0n) is 14.6. The molecule has 1 saturated heterocycles. The van der Waals surface area contributed by atoms with Crippen LogP contribution in [-0.2, 0) is 20.6 Å². The second kappa shape index (κ2) is 8.61. The fourth-order valence-electron chi connectivity index (χ4n) is 3.10. The third-order valence-electron chi connectivity index (χ3n) is 4.54. The van der Waals surface area contributed by atoms with Crippen LogP contribution in [0.3, 0.4) is 0 Å². The first-order valence-corrected chi connectivity index (χ1v) is 11.0. The van der Waals surface area contributed by atoms with Gasteiger partial charge in [-0.05, 0) is 42.7 Å². The average Bonchev–Trinajstić information content (AvgIpc) is 2.65. The van der Waals surface area contributed by atoms with Gasteiger partial charge < -0.3 is 5.32 Å². The van der Waals surface area contributed by atoms with E-state index >= 15 is 0 Å². The average molecular weight is 427 g/mol. The second-order valence-corrected chi connectivity index (χ2v) is 9.36. The predicted molar refractivity (Wildman–Crippen MR) is 108 cm³/mol. The number of carbonyl (C=O) groups excluding carboxylic acids is 1. The molecule has 2 aromatic rings. The Morgan fingerprint density at radius 1 is 1.15 bits per heavy atom. The number of carbonyl (C=O) groups is 1. The third-order valence-corrected chi connectivity index (χ3v) is 6.92. The number of benzene rings is 2. The Hall–Kier alpha value is -1.60. The van der Waals surface area contributed by atoms with E-state index in [1.165, 1.54) is 10.4 Å². The van der Waals surface area contributed by atoms with Gasteiger partial charge >= 0.3 is 0 Å². The van der Waals surface area contributed by atoms with Crippen LogP contribution in [0, 0.1) is 5.92 Å². The molecule has 1 unspecified atom stereocenters. The van der Waals surface area contributed by atoms with Crippen molar-refractivity contribution in [3.05, 3.63) is 64.1 Å². The molecule has 3 rings (SSSR count). The minimum Gasteiger partial charge on any atom is -0.326 e. The van der Waals surface area contributed by atoms with Crippen LogP contribution in [0.1, 0.15) is 18.4 Å². The van der Waals surface area contributed by atoms with Crippen LogP contribution in [0.25, 0.3) is 0 Å². The molecular formula is C19H20Cl2N2O3S. The number of nitrogens with zero attached hydrogens (tertiary/aromatic N) is 1.